The Morgan fingerprint density at radius 2 is 1.96 bits per heavy atom. The van der Waals surface area contributed by atoms with Crippen LogP contribution in [0, 0.1) is 11.2 Å². The van der Waals surface area contributed by atoms with Crippen molar-refractivity contribution in [1.29, 1.82) is 0 Å². The minimum absolute atomic E-state index is 0.110. The third-order valence-electron chi connectivity index (χ3n) is 11.3. The highest BCUT2D eigenvalue weighted by atomic mass is 35.5. The maximum Gasteiger partial charge on any atom is 0.252 e. The molecule has 2 heterocycles. The highest BCUT2D eigenvalue weighted by Crippen LogP contribution is 2.59. The van der Waals surface area contributed by atoms with Crippen LogP contribution < -0.4 is 0 Å². The topological polar surface area (TPSA) is 104 Å². The molecule has 4 aliphatic rings. The molecular formula is C39H47ClFNO6S2. The molecule has 50 heavy (non-hydrogen) atoms. The van der Waals surface area contributed by atoms with Gasteiger partial charge < -0.3 is 14.9 Å². The first-order valence-corrected chi connectivity index (χ1v) is 20.3. The summed E-state index contributed by atoms with van der Waals surface area (Å²) in [7, 11) is -3.94. The number of ketones is 1. The number of Topliss-reactive ketones (excluding diaryl/α,β-unsaturated/α-hetero) is 1. The number of hydrogen-bond acceptors (Lipinski definition) is 7. The van der Waals surface area contributed by atoms with Crippen molar-refractivity contribution in [3.8, 4) is 0 Å². The number of carbonyl (C=O) groups is 1. The molecule has 1 saturated carbocycles. The van der Waals surface area contributed by atoms with Crippen LogP contribution in [0.25, 0.3) is 0 Å². The van der Waals surface area contributed by atoms with E-state index in [0.29, 0.717) is 57.1 Å². The number of aliphatic hydroxyl groups is 2. The molecule has 0 amide bonds. The molecule has 2 aromatic carbocycles. The fraction of sp³-hybridized carbons (Fsp3) is 0.513. The summed E-state index contributed by atoms with van der Waals surface area (Å²) in [6, 6.07) is 13.3. The van der Waals surface area contributed by atoms with Crippen LogP contribution in [0.2, 0.25) is 5.02 Å². The van der Waals surface area contributed by atoms with Gasteiger partial charge in [-0.05, 0) is 111 Å². The number of rotatable bonds is 9. The van der Waals surface area contributed by atoms with E-state index in [2.05, 4.69) is 13.0 Å². The normalized spacial score (nSPS) is 27.7. The van der Waals surface area contributed by atoms with Crippen molar-refractivity contribution < 1.29 is 32.6 Å². The van der Waals surface area contributed by atoms with E-state index in [4.69, 9.17) is 16.3 Å². The Hall–Kier alpha value is -2.44. The summed E-state index contributed by atoms with van der Waals surface area (Å²) in [6.07, 6.45) is 6.29. The summed E-state index contributed by atoms with van der Waals surface area (Å²) in [5.41, 5.74) is 0.935. The Bertz CT molecular complexity index is 1810. The van der Waals surface area contributed by atoms with Crippen LogP contribution in [0.1, 0.15) is 98.2 Å². The molecule has 270 valence electrons. The van der Waals surface area contributed by atoms with Gasteiger partial charge >= 0.3 is 0 Å². The second-order valence-corrected chi connectivity index (χ2v) is 18.1. The van der Waals surface area contributed by atoms with Crippen molar-refractivity contribution in [3.05, 3.63) is 98.7 Å². The van der Waals surface area contributed by atoms with Crippen molar-refractivity contribution >= 4 is 38.7 Å². The molecule has 2 fully saturated rings. The van der Waals surface area contributed by atoms with Gasteiger partial charge in [0.2, 0.25) is 0 Å². The van der Waals surface area contributed by atoms with Crippen molar-refractivity contribution in [2.45, 2.75) is 106 Å². The molecule has 1 saturated heterocycles. The van der Waals surface area contributed by atoms with Crippen LogP contribution in [0.15, 0.2) is 69.8 Å². The fourth-order valence-electron chi connectivity index (χ4n) is 8.29. The summed E-state index contributed by atoms with van der Waals surface area (Å²) in [5.74, 6) is -1.17. The average Bonchev–Trinajstić information content (AvgIpc) is 3.85. The predicted octanol–water partition coefficient (Wildman–Crippen LogP) is 7.87. The van der Waals surface area contributed by atoms with E-state index in [0.717, 1.165) is 40.9 Å². The van der Waals surface area contributed by atoms with Crippen molar-refractivity contribution in [1.82, 2.24) is 4.31 Å². The lowest BCUT2D eigenvalue weighted by atomic mass is 9.64. The van der Waals surface area contributed by atoms with Gasteiger partial charge in [-0.25, -0.2) is 12.8 Å². The van der Waals surface area contributed by atoms with E-state index in [-0.39, 0.29) is 52.1 Å². The molecule has 1 aliphatic heterocycles. The van der Waals surface area contributed by atoms with E-state index in [1.165, 1.54) is 16.4 Å². The first-order chi connectivity index (χ1) is 23.8. The molecule has 7 rings (SSSR count). The van der Waals surface area contributed by atoms with Gasteiger partial charge in [-0.3, -0.25) is 4.79 Å². The van der Waals surface area contributed by atoms with Crippen LogP contribution in [0.4, 0.5) is 4.39 Å². The molecule has 1 aromatic heterocycles. The number of carbonyl (C=O) groups excluding carboxylic acids is 1. The minimum Gasteiger partial charge on any atom is -0.393 e. The van der Waals surface area contributed by atoms with Crippen LogP contribution >= 0.6 is 22.9 Å². The lowest BCUT2D eigenvalue weighted by Crippen LogP contribution is -2.54. The van der Waals surface area contributed by atoms with E-state index in [1.54, 1.807) is 23.6 Å². The number of fused-ring (bicyclic) bond motifs is 8. The highest BCUT2D eigenvalue weighted by Gasteiger charge is 2.58. The smallest absolute Gasteiger partial charge is 0.252 e. The number of thiophene rings is 1. The molecule has 3 aliphatic carbocycles. The van der Waals surface area contributed by atoms with Crippen molar-refractivity contribution in [2.24, 2.45) is 5.41 Å². The second-order valence-electron chi connectivity index (χ2n) is 14.6. The molecule has 2 bridgehead atoms. The maximum atomic E-state index is 14.9. The number of benzene rings is 2. The fourth-order valence-corrected chi connectivity index (χ4v) is 11.2. The number of ether oxygens (including phenoxy) is 1. The summed E-state index contributed by atoms with van der Waals surface area (Å²) in [6.45, 7) is 4.69. The Kier molecular flexibility index (Phi) is 11.4. The number of nitrogens with zero attached hydrogens (tertiary/aromatic N) is 1. The molecule has 3 aromatic rings. The molecular weight excluding hydrogens is 697 g/mol. The average molecular weight is 744 g/mol. The van der Waals surface area contributed by atoms with Crippen LogP contribution in [-0.4, -0.2) is 66.2 Å². The van der Waals surface area contributed by atoms with Gasteiger partial charge in [0.15, 0.2) is 5.78 Å². The zero-order valence-electron chi connectivity index (χ0n) is 28.7. The number of aliphatic hydroxyl groups excluding tert-OH is 1. The Labute approximate surface area is 304 Å². The first-order valence-electron chi connectivity index (χ1n) is 17.6. The number of allylic oxidation sites excluding steroid dienone is 2. The summed E-state index contributed by atoms with van der Waals surface area (Å²) < 4.78 is 50.8. The van der Waals surface area contributed by atoms with E-state index < -0.39 is 33.0 Å². The van der Waals surface area contributed by atoms with Gasteiger partial charge in [-0.1, -0.05) is 54.4 Å². The lowest BCUT2D eigenvalue weighted by molar-refractivity contribution is -0.0754. The summed E-state index contributed by atoms with van der Waals surface area (Å²) in [5, 5.41) is 25.7. The maximum absolute atomic E-state index is 14.9. The van der Waals surface area contributed by atoms with Gasteiger partial charge in [-0.2, -0.15) is 4.31 Å². The Morgan fingerprint density at radius 3 is 2.68 bits per heavy atom. The predicted molar refractivity (Wildman–Crippen MR) is 195 cm³/mol. The molecule has 2 N–H and O–H groups in total. The van der Waals surface area contributed by atoms with Crippen molar-refractivity contribution in [3.63, 3.8) is 0 Å². The van der Waals surface area contributed by atoms with Gasteiger partial charge in [-0.15, -0.1) is 11.3 Å². The largest absolute Gasteiger partial charge is 0.393 e. The SMILES string of the molecule is CC1=CCCC2(C)C(CCC2(O)CN(CC2CCCO2)S(=O)(=O)c2cccs2)c2ccc(cc2C(=O)Cc2c(F)cccc2Cl)CC(O)CC1. The summed E-state index contributed by atoms with van der Waals surface area (Å²) >= 11 is 7.52. The molecule has 5 unspecified atom stereocenters. The Morgan fingerprint density at radius 1 is 1.14 bits per heavy atom. The Balaban J connectivity index is 1.43. The third-order valence-corrected chi connectivity index (χ3v) is 14.9. The third kappa shape index (κ3) is 7.68. The van der Waals surface area contributed by atoms with Crippen LogP contribution in [0.5, 0.6) is 0 Å². The quantitative estimate of drug-likeness (QED) is 0.171. The number of sulfonamides is 1. The van der Waals surface area contributed by atoms with E-state index >= 15 is 0 Å². The minimum atomic E-state index is -3.94. The monoisotopic (exact) mass is 743 g/mol. The van der Waals surface area contributed by atoms with Gasteiger partial charge in [0, 0.05) is 47.7 Å². The van der Waals surface area contributed by atoms with E-state index in [1.807, 2.05) is 25.1 Å². The molecule has 7 nitrogen and oxygen atoms in total. The standard InChI is InChI=1S/C39H47ClFNO6S2/c1-26-7-4-17-38(2)33(16-18-39(38,45)25-42(24-29-8-5-19-48-29)50(46,47)37-11-6-20-49-37)30-15-13-27(21-28(43)14-12-26)22-31(30)36(44)23-32-34(40)9-3-10-35(32)41/h3,6-7,9-11,13,15,20,22,28-29,33,43,45H,4-5,8,12,14,16-19,21,23-25H2,1-2H3. The summed E-state index contributed by atoms with van der Waals surface area (Å²) in [4.78, 5) is 14.2. The van der Waals surface area contributed by atoms with Crippen LogP contribution in [-0.2, 0) is 27.6 Å². The number of halogens is 2. The zero-order chi connectivity index (χ0) is 35.7. The highest BCUT2D eigenvalue weighted by molar-refractivity contribution is 7.91. The number of hydrogen-bond donors (Lipinski definition) is 2. The zero-order valence-corrected chi connectivity index (χ0v) is 31.1. The van der Waals surface area contributed by atoms with Gasteiger partial charge in [0.25, 0.3) is 10.0 Å². The van der Waals surface area contributed by atoms with Crippen molar-refractivity contribution in [2.75, 3.05) is 19.7 Å². The van der Waals surface area contributed by atoms with E-state index in [9.17, 15) is 27.8 Å². The van der Waals surface area contributed by atoms with Gasteiger partial charge in [0.1, 0.15) is 10.0 Å². The molecule has 5 atom stereocenters. The molecule has 0 spiro atoms. The molecule has 11 heteroatoms. The molecule has 0 radical (unpaired) electrons. The first kappa shape index (κ1) is 37.3. The second kappa shape index (κ2) is 15.3. The van der Waals surface area contributed by atoms with Crippen LogP contribution in [0.3, 0.4) is 0 Å². The lowest BCUT2D eigenvalue weighted by Gasteiger charge is -2.46. The van der Waals surface area contributed by atoms with Gasteiger partial charge in [0.05, 0.1) is 17.8 Å².